The largest absolute Gasteiger partial charge is 0.492 e. The number of piperazine rings is 1. The van der Waals surface area contributed by atoms with Crippen molar-refractivity contribution in [2.75, 3.05) is 26.2 Å². The molecule has 3 nitrogen and oxygen atoms in total. The highest BCUT2D eigenvalue weighted by Gasteiger charge is 2.35. The number of nitrogens with one attached hydrogen (secondary N) is 1. The average Bonchev–Trinajstić information content (AvgIpc) is 3.25. The third kappa shape index (κ3) is 3.74. The standard InChI is InChI=1S/C16H23BrN2O/c1-12-10-18-16(13-5-6-13)11-19(12)7-8-20-15-4-2-3-14(17)9-15/h2-4,9,12-13,16,18H,5-8,10-11H2,1H3. The lowest BCUT2D eigenvalue weighted by Gasteiger charge is -2.38. The van der Waals surface area contributed by atoms with Gasteiger partial charge in [0.25, 0.3) is 0 Å². The van der Waals surface area contributed by atoms with Crippen molar-refractivity contribution in [3.8, 4) is 5.75 Å². The van der Waals surface area contributed by atoms with Crippen molar-refractivity contribution in [1.29, 1.82) is 0 Å². The molecule has 2 aliphatic rings. The molecule has 0 aromatic heterocycles. The third-order valence-electron chi connectivity index (χ3n) is 4.36. The number of ether oxygens (including phenoxy) is 1. The van der Waals surface area contributed by atoms with Gasteiger partial charge in [0.05, 0.1) is 0 Å². The molecule has 1 heterocycles. The maximum absolute atomic E-state index is 5.86. The van der Waals surface area contributed by atoms with Gasteiger partial charge < -0.3 is 10.1 Å². The molecule has 1 N–H and O–H groups in total. The van der Waals surface area contributed by atoms with Crippen LogP contribution in [0.3, 0.4) is 0 Å². The summed E-state index contributed by atoms with van der Waals surface area (Å²) in [7, 11) is 0. The second kappa shape index (κ2) is 6.46. The molecule has 0 radical (unpaired) electrons. The molecule has 4 heteroatoms. The molecule has 1 aromatic rings. The number of benzene rings is 1. The van der Waals surface area contributed by atoms with E-state index in [9.17, 15) is 0 Å². The Bertz CT molecular complexity index is 450. The molecule has 0 amide bonds. The zero-order chi connectivity index (χ0) is 13.9. The van der Waals surface area contributed by atoms with Gasteiger partial charge in [0, 0.05) is 36.2 Å². The Labute approximate surface area is 129 Å². The van der Waals surface area contributed by atoms with Gasteiger partial charge in [-0.25, -0.2) is 0 Å². The number of halogens is 1. The van der Waals surface area contributed by atoms with Gasteiger partial charge in [0.2, 0.25) is 0 Å². The lowest BCUT2D eigenvalue weighted by atomic mass is 10.1. The molecule has 2 unspecified atom stereocenters. The van der Waals surface area contributed by atoms with Gasteiger partial charge in [-0.05, 0) is 43.9 Å². The zero-order valence-corrected chi connectivity index (χ0v) is 13.6. The summed E-state index contributed by atoms with van der Waals surface area (Å²) in [6.45, 7) is 6.36. The van der Waals surface area contributed by atoms with Gasteiger partial charge in [-0.1, -0.05) is 22.0 Å². The van der Waals surface area contributed by atoms with Crippen molar-refractivity contribution < 1.29 is 4.74 Å². The molecule has 1 saturated heterocycles. The van der Waals surface area contributed by atoms with Crippen LogP contribution < -0.4 is 10.1 Å². The van der Waals surface area contributed by atoms with Crippen LogP contribution in [-0.2, 0) is 0 Å². The molecule has 0 spiro atoms. The molecule has 110 valence electrons. The highest BCUT2D eigenvalue weighted by atomic mass is 79.9. The third-order valence-corrected chi connectivity index (χ3v) is 4.86. The van der Waals surface area contributed by atoms with Gasteiger partial charge in [-0.3, -0.25) is 4.90 Å². The summed E-state index contributed by atoms with van der Waals surface area (Å²) in [5.74, 6) is 1.87. The second-order valence-electron chi connectivity index (χ2n) is 6.00. The number of rotatable bonds is 5. The Kier molecular flexibility index (Phi) is 4.64. The van der Waals surface area contributed by atoms with E-state index in [1.165, 1.54) is 19.4 Å². The first-order chi connectivity index (χ1) is 9.72. The number of nitrogens with zero attached hydrogens (tertiary/aromatic N) is 1. The van der Waals surface area contributed by atoms with Gasteiger partial charge in [-0.2, -0.15) is 0 Å². The lowest BCUT2D eigenvalue weighted by molar-refractivity contribution is 0.112. The summed E-state index contributed by atoms with van der Waals surface area (Å²) in [6, 6.07) is 9.38. The van der Waals surface area contributed by atoms with E-state index < -0.39 is 0 Å². The maximum Gasteiger partial charge on any atom is 0.120 e. The Hall–Kier alpha value is -0.580. The normalized spacial score (nSPS) is 27.5. The fourth-order valence-electron chi connectivity index (χ4n) is 2.91. The summed E-state index contributed by atoms with van der Waals surface area (Å²) in [4.78, 5) is 2.57. The van der Waals surface area contributed by atoms with E-state index >= 15 is 0 Å². The molecule has 2 fully saturated rings. The first-order valence-corrected chi connectivity index (χ1v) is 8.37. The van der Waals surface area contributed by atoms with Crippen LogP contribution in [0.4, 0.5) is 0 Å². The molecular formula is C16H23BrN2O. The van der Waals surface area contributed by atoms with Crippen molar-refractivity contribution in [3.05, 3.63) is 28.7 Å². The van der Waals surface area contributed by atoms with Crippen molar-refractivity contribution >= 4 is 15.9 Å². The van der Waals surface area contributed by atoms with E-state index in [4.69, 9.17) is 4.74 Å². The highest BCUT2D eigenvalue weighted by molar-refractivity contribution is 9.10. The van der Waals surface area contributed by atoms with Crippen molar-refractivity contribution in [2.45, 2.75) is 31.8 Å². The Morgan fingerprint density at radius 1 is 1.40 bits per heavy atom. The van der Waals surface area contributed by atoms with E-state index in [2.05, 4.69) is 33.1 Å². The average molecular weight is 339 g/mol. The Morgan fingerprint density at radius 2 is 2.25 bits per heavy atom. The molecule has 3 rings (SSSR count). The van der Waals surface area contributed by atoms with Gasteiger partial charge in [-0.15, -0.1) is 0 Å². The van der Waals surface area contributed by atoms with Crippen molar-refractivity contribution in [2.24, 2.45) is 5.92 Å². The van der Waals surface area contributed by atoms with Crippen LogP contribution >= 0.6 is 15.9 Å². The first kappa shape index (κ1) is 14.4. The minimum Gasteiger partial charge on any atom is -0.492 e. The minimum absolute atomic E-state index is 0.608. The number of hydrogen-bond acceptors (Lipinski definition) is 3. The van der Waals surface area contributed by atoms with Crippen LogP contribution in [-0.4, -0.2) is 43.2 Å². The van der Waals surface area contributed by atoms with E-state index in [0.29, 0.717) is 12.1 Å². The summed E-state index contributed by atoms with van der Waals surface area (Å²) in [5, 5.41) is 3.69. The molecule has 0 bridgehead atoms. The first-order valence-electron chi connectivity index (χ1n) is 7.58. The van der Waals surface area contributed by atoms with Gasteiger partial charge >= 0.3 is 0 Å². The van der Waals surface area contributed by atoms with E-state index in [0.717, 1.165) is 35.8 Å². The summed E-state index contributed by atoms with van der Waals surface area (Å²) in [6.07, 6.45) is 2.82. The van der Waals surface area contributed by atoms with Crippen molar-refractivity contribution in [1.82, 2.24) is 10.2 Å². The van der Waals surface area contributed by atoms with Gasteiger partial charge in [0.1, 0.15) is 12.4 Å². The molecule has 20 heavy (non-hydrogen) atoms. The fourth-order valence-corrected chi connectivity index (χ4v) is 3.29. The molecule has 1 saturated carbocycles. The minimum atomic E-state index is 0.608. The SMILES string of the molecule is CC1CNC(C2CC2)CN1CCOc1cccc(Br)c1. The second-order valence-corrected chi connectivity index (χ2v) is 6.92. The topological polar surface area (TPSA) is 24.5 Å². The van der Waals surface area contributed by atoms with Crippen LogP contribution in [0.15, 0.2) is 28.7 Å². The van der Waals surface area contributed by atoms with Crippen LogP contribution in [0.2, 0.25) is 0 Å². The Morgan fingerprint density at radius 3 is 3.00 bits per heavy atom. The molecule has 2 atom stereocenters. The molecular weight excluding hydrogens is 316 g/mol. The monoisotopic (exact) mass is 338 g/mol. The van der Waals surface area contributed by atoms with E-state index in [-0.39, 0.29) is 0 Å². The van der Waals surface area contributed by atoms with Crippen LogP contribution in [0.5, 0.6) is 5.75 Å². The molecule has 1 aliphatic heterocycles. The van der Waals surface area contributed by atoms with Crippen LogP contribution in [0.1, 0.15) is 19.8 Å². The zero-order valence-electron chi connectivity index (χ0n) is 12.0. The summed E-state index contributed by atoms with van der Waals surface area (Å²) >= 11 is 3.47. The predicted octanol–water partition coefficient (Wildman–Crippen LogP) is 2.90. The Balaban J connectivity index is 1.46. The van der Waals surface area contributed by atoms with Crippen LogP contribution in [0.25, 0.3) is 0 Å². The maximum atomic E-state index is 5.86. The van der Waals surface area contributed by atoms with E-state index in [1.54, 1.807) is 0 Å². The van der Waals surface area contributed by atoms with Crippen LogP contribution in [0, 0.1) is 5.92 Å². The van der Waals surface area contributed by atoms with Crippen molar-refractivity contribution in [3.63, 3.8) is 0 Å². The quantitative estimate of drug-likeness (QED) is 0.893. The molecule has 1 aliphatic carbocycles. The molecule has 1 aromatic carbocycles. The van der Waals surface area contributed by atoms with Gasteiger partial charge in [0.15, 0.2) is 0 Å². The summed E-state index contributed by atoms with van der Waals surface area (Å²) < 4.78 is 6.93. The predicted molar refractivity (Wildman–Crippen MR) is 85.2 cm³/mol. The number of hydrogen-bond donors (Lipinski definition) is 1. The highest BCUT2D eigenvalue weighted by Crippen LogP contribution is 2.34. The fraction of sp³-hybridized carbons (Fsp3) is 0.625. The lowest BCUT2D eigenvalue weighted by Crippen LogP contribution is -2.56. The summed E-state index contributed by atoms with van der Waals surface area (Å²) in [5.41, 5.74) is 0. The smallest absolute Gasteiger partial charge is 0.120 e. The van der Waals surface area contributed by atoms with E-state index in [1.807, 2.05) is 24.3 Å².